The molecule has 0 aliphatic rings. The second-order valence-electron chi connectivity index (χ2n) is 5.46. The molecule has 3 rings (SSSR count). The molecule has 0 amide bonds. The fourth-order valence-corrected chi connectivity index (χ4v) is 2.59. The molecule has 0 radical (unpaired) electrons. The summed E-state index contributed by atoms with van der Waals surface area (Å²) in [7, 11) is 3.95. The van der Waals surface area contributed by atoms with Crippen molar-refractivity contribution in [3.63, 3.8) is 0 Å². The van der Waals surface area contributed by atoms with Gasteiger partial charge in [-0.15, -0.1) is 0 Å². The topological polar surface area (TPSA) is 72.9 Å². The highest BCUT2D eigenvalue weighted by Crippen LogP contribution is 2.30. The normalized spacial score (nSPS) is 11.1. The summed E-state index contributed by atoms with van der Waals surface area (Å²) >= 11 is 0. The van der Waals surface area contributed by atoms with E-state index in [9.17, 15) is 0 Å². The molecule has 3 aromatic rings. The Kier molecular flexibility index (Phi) is 3.44. The second-order valence-corrected chi connectivity index (χ2v) is 5.46. The summed E-state index contributed by atoms with van der Waals surface area (Å²) in [5, 5.41) is 0. The van der Waals surface area contributed by atoms with Gasteiger partial charge in [0.15, 0.2) is 5.82 Å². The van der Waals surface area contributed by atoms with Gasteiger partial charge >= 0.3 is 0 Å². The Morgan fingerprint density at radius 3 is 2.77 bits per heavy atom. The van der Waals surface area contributed by atoms with Crippen molar-refractivity contribution in [2.45, 2.75) is 20.3 Å². The maximum Gasteiger partial charge on any atom is 0.154 e. The van der Waals surface area contributed by atoms with Crippen LogP contribution in [0.2, 0.25) is 0 Å². The third kappa shape index (κ3) is 2.26. The third-order valence-corrected chi connectivity index (χ3v) is 3.91. The average Bonchev–Trinajstić information content (AvgIpc) is 2.88. The summed E-state index contributed by atoms with van der Waals surface area (Å²) in [6.07, 6.45) is 4.59. The van der Waals surface area contributed by atoms with Gasteiger partial charge in [-0.05, 0) is 25.0 Å². The van der Waals surface area contributed by atoms with Crippen LogP contribution in [0.3, 0.4) is 0 Å². The van der Waals surface area contributed by atoms with Gasteiger partial charge in [0.1, 0.15) is 11.3 Å². The van der Waals surface area contributed by atoms with E-state index in [1.165, 1.54) is 5.56 Å². The van der Waals surface area contributed by atoms with Crippen molar-refractivity contribution in [2.24, 2.45) is 7.05 Å². The minimum atomic E-state index is 0.448. The zero-order valence-corrected chi connectivity index (χ0v) is 13.3. The lowest BCUT2D eigenvalue weighted by molar-refractivity contribution is 0.946. The Morgan fingerprint density at radius 1 is 1.27 bits per heavy atom. The predicted octanol–water partition coefficient (Wildman–Crippen LogP) is 2.58. The van der Waals surface area contributed by atoms with Crippen LogP contribution in [0.1, 0.15) is 18.2 Å². The molecule has 6 nitrogen and oxygen atoms in total. The van der Waals surface area contributed by atoms with E-state index in [1.54, 1.807) is 6.33 Å². The van der Waals surface area contributed by atoms with Gasteiger partial charge in [-0.1, -0.05) is 6.92 Å². The quantitative estimate of drug-likeness (QED) is 0.804. The highest BCUT2D eigenvalue weighted by atomic mass is 15.2. The number of fused-ring (bicyclic) bond motifs is 1. The van der Waals surface area contributed by atoms with E-state index in [1.807, 2.05) is 37.8 Å². The van der Waals surface area contributed by atoms with Gasteiger partial charge in [-0.3, -0.25) is 4.98 Å². The Morgan fingerprint density at radius 2 is 2.05 bits per heavy atom. The van der Waals surface area contributed by atoms with Crippen molar-refractivity contribution in [3.8, 4) is 0 Å². The largest absolute Gasteiger partial charge is 0.382 e. The van der Waals surface area contributed by atoms with Crippen molar-refractivity contribution >= 4 is 28.4 Å². The summed E-state index contributed by atoms with van der Waals surface area (Å²) in [5.41, 5.74) is 11.0. The zero-order chi connectivity index (χ0) is 15.9. The van der Waals surface area contributed by atoms with Crippen molar-refractivity contribution in [2.75, 3.05) is 17.7 Å². The number of anilines is 3. The molecule has 0 atom stereocenters. The van der Waals surface area contributed by atoms with Crippen LogP contribution in [0, 0.1) is 6.92 Å². The third-order valence-electron chi connectivity index (χ3n) is 3.91. The number of imidazole rings is 1. The number of rotatable bonds is 3. The maximum absolute atomic E-state index is 6.06. The molecule has 114 valence electrons. The number of nitrogens with zero attached hydrogens (tertiary/aromatic N) is 5. The van der Waals surface area contributed by atoms with Gasteiger partial charge < -0.3 is 15.2 Å². The van der Waals surface area contributed by atoms with E-state index in [-0.39, 0.29) is 0 Å². The second kappa shape index (κ2) is 5.29. The molecular weight excluding hydrogens is 276 g/mol. The molecule has 3 heterocycles. The van der Waals surface area contributed by atoms with Crippen LogP contribution in [-0.4, -0.2) is 26.6 Å². The molecule has 0 fully saturated rings. The van der Waals surface area contributed by atoms with Crippen LogP contribution in [0.4, 0.5) is 17.3 Å². The van der Waals surface area contributed by atoms with Crippen LogP contribution in [-0.2, 0) is 13.5 Å². The number of hydrogen-bond donors (Lipinski definition) is 1. The lowest BCUT2D eigenvalue weighted by atomic mass is 10.1. The fraction of sp³-hybridized carbons (Fsp3) is 0.312. The van der Waals surface area contributed by atoms with Crippen molar-refractivity contribution in [3.05, 3.63) is 35.9 Å². The Labute approximate surface area is 129 Å². The first kappa shape index (κ1) is 14.3. The summed E-state index contributed by atoms with van der Waals surface area (Å²) in [6.45, 7) is 4.11. The van der Waals surface area contributed by atoms with Crippen molar-refractivity contribution in [1.29, 1.82) is 0 Å². The number of pyridine rings is 2. The number of aromatic nitrogens is 4. The molecule has 0 unspecified atom stereocenters. The predicted molar refractivity (Wildman–Crippen MR) is 89.3 cm³/mol. The molecule has 22 heavy (non-hydrogen) atoms. The Hall–Kier alpha value is -2.63. The molecule has 0 saturated heterocycles. The van der Waals surface area contributed by atoms with E-state index in [0.29, 0.717) is 5.82 Å². The monoisotopic (exact) mass is 296 g/mol. The van der Waals surface area contributed by atoms with E-state index >= 15 is 0 Å². The van der Waals surface area contributed by atoms with E-state index in [0.717, 1.165) is 34.7 Å². The smallest absolute Gasteiger partial charge is 0.154 e. The van der Waals surface area contributed by atoms with E-state index in [2.05, 4.69) is 32.8 Å². The molecule has 2 N–H and O–H groups in total. The Balaban J connectivity index is 2.14. The summed E-state index contributed by atoms with van der Waals surface area (Å²) < 4.78 is 1.95. The lowest BCUT2D eigenvalue weighted by Gasteiger charge is -2.22. The molecule has 0 spiro atoms. The summed E-state index contributed by atoms with van der Waals surface area (Å²) in [5.74, 6) is 1.25. The number of nitrogens with two attached hydrogens (primary N) is 1. The molecule has 0 bridgehead atoms. The first-order valence-corrected chi connectivity index (χ1v) is 7.28. The molecule has 0 aromatic carbocycles. The van der Waals surface area contributed by atoms with Crippen molar-refractivity contribution in [1.82, 2.24) is 19.5 Å². The minimum Gasteiger partial charge on any atom is -0.382 e. The van der Waals surface area contributed by atoms with Crippen LogP contribution >= 0.6 is 0 Å². The van der Waals surface area contributed by atoms with Crippen LogP contribution in [0.15, 0.2) is 24.7 Å². The van der Waals surface area contributed by atoms with Crippen molar-refractivity contribution < 1.29 is 0 Å². The van der Waals surface area contributed by atoms with Crippen LogP contribution in [0.25, 0.3) is 11.0 Å². The highest BCUT2D eigenvalue weighted by Gasteiger charge is 2.14. The molecular formula is C16H20N6. The SMILES string of the molecule is CCc1cnc(C)cc1N(C)c1cc2c(ncn2C)c(N)n1. The number of nitrogen functional groups attached to an aromatic ring is 1. The summed E-state index contributed by atoms with van der Waals surface area (Å²) in [4.78, 5) is 15.2. The van der Waals surface area contributed by atoms with E-state index < -0.39 is 0 Å². The minimum absolute atomic E-state index is 0.448. The molecule has 3 aromatic heterocycles. The first-order valence-electron chi connectivity index (χ1n) is 7.28. The first-order chi connectivity index (χ1) is 10.5. The molecule has 0 saturated carbocycles. The lowest BCUT2D eigenvalue weighted by Crippen LogP contribution is -2.15. The highest BCUT2D eigenvalue weighted by molar-refractivity contribution is 5.88. The van der Waals surface area contributed by atoms with E-state index in [4.69, 9.17) is 5.73 Å². The van der Waals surface area contributed by atoms with Gasteiger partial charge in [-0.25, -0.2) is 9.97 Å². The molecule has 6 heteroatoms. The Bertz CT molecular complexity index is 836. The number of aryl methyl sites for hydroxylation is 3. The van der Waals surface area contributed by atoms with Crippen LogP contribution in [0.5, 0.6) is 0 Å². The average molecular weight is 296 g/mol. The standard InChI is InChI=1S/C16H20N6/c1-5-11-8-18-10(2)6-12(11)22(4)14-7-13-15(16(17)20-14)19-9-21(13)3/h6-9H,5H2,1-4H3,(H2,17,20). The van der Waals surface area contributed by atoms with Crippen LogP contribution < -0.4 is 10.6 Å². The van der Waals surface area contributed by atoms with Gasteiger partial charge in [0.05, 0.1) is 11.8 Å². The number of hydrogen-bond acceptors (Lipinski definition) is 5. The van der Waals surface area contributed by atoms with Gasteiger partial charge in [-0.2, -0.15) is 0 Å². The van der Waals surface area contributed by atoms with Gasteiger partial charge in [0.2, 0.25) is 0 Å². The van der Waals surface area contributed by atoms with Gasteiger partial charge in [0.25, 0.3) is 0 Å². The summed E-state index contributed by atoms with van der Waals surface area (Å²) in [6, 6.07) is 4.08. The zero-order valence-electron chi connectivity index (χ0n) is 13.3. The fourth-order valence-electron chi connectivity index (χ4n) is 2.59. The molecule has 0 aliphatic carbocycles. The maximum atomic E-state index is 6.06. The molecule has 0 aliphatic heterocycles. The van der Waals surface area contributed by atoms with Gasteiger partial charge in [0, 0.05) is 37.7 Å².